The van der Waals surface area contributed by atoms with E-state index in [-0.39, 0.29) is 17.0 Å². The van der Waals surface area contributed by atoms with Crippen molar-refractivity contribution in [3.63, 3.8) is 0 Å². The van der Waals surface area contributed by atoms with E-state index in [4.69, 9.17) is 19.9 Å². The first-order valence-corrected chi connectivity index (χ1v) is 10.6. The molecule has 1 aromatic carbocycles. The Morgan fingerprint density at radius 3 is 2.59 bits per heavy atom. The van der Waals surface area contributed by atoms with Gasteiger partial charge in [0.15, 0.2) is 0 Å². The molecule has 1 aromatic heterocycles. The lowest BCUT2D eigenvalue weighted by Gasteiger charge is -2.29. The van der Waals surface area contributed by atoms with Crippen molar-refractivity contribution in [3.05, 3.63) is 62.9 Å². The lowest BCUT2D eigenvalue weighted by atomic mass is 9.83. The van der Waals surface area contributed by atoms with Crippen LogP contribution in [0.5, 0.6) is 17.2 Å². The largest absolute Gasteiger partial charge is 0.497 e. The number of aromatic nitrogens is 1. The summed E-state index contributed by atoms with van der Waals surface area (Å²) in [4.78, 5) is 15.9. The van der Waals surface area contributed by atoms with Crippen LogP contribution in [0.3, 0.4) is 0 Å². The molecule has 0 saturated carbocycles. The average Bonchev–Trinajstić information content (AvgIpc) is 2.77. The van der Waals surface area contributed by atoms with Crippen LogP contribution in [0.25, 0.3) is 0 Å². The van der Waals surface area contributed by atoms with E-state index in [1.165, 1.54) is 0 Å². The lowest BCUT2D eigenvalue weighted by Crippen LogP contribution is -2.35. The summed E-state index contributed by atoms with van der Waals surface area (Å²) in [6.07, 6.45) is 1.60. The van der Waals surface area contributed by atoms with E-state index in [2.05, 4.69) is 13.0 Å². The molecule has 0 aliphatic carbocycles. The fraction of sp³-hybridized carbons (Fsp3) is 0.417. The van der Waals surface area contributed by atoms with Crippen molar-refractivity contribution < 1.29 is 14.2 Å². The number of nitriles is 1. The number of methoxy groups -OCH3 is 2. The molecule has 8 nitrogen and oxygen atoms in total. The highest BCUT2D eigenvalue weighted by Gasteiger charge is 2.36. The number of aryl methyl sites for hydroxylation is 1. The molecule has 8 heteroatoms. The molecule has 2 aromatic rings. The van der Waals surface area contributed by atoms with Crippen LogP contribution in [0.2, 0.25) is 0 Å². The van der Waals surface area contributed by atoms with E-state index in [1.807, 2.05) is 25.1 Å². The standard InChI is InChI=1S/C24H30N4O4/c1-6-7-15-12-20-22(24(29)28(15)11-10-27(2)3)21(18(14-25)23(26)32-20)17-13-16(30-4)8-9-19(17)31-5/h8-9,12-13,21H,6-7,10-11,26H2,1-5H3. The minimum Gasteiger partial charge on any atom is -0.497 e. The highest BCUT2D eigenvalue weighted by atomic mass is 16.5. The Labute approximate surface area is 188 Å². The summed E-state index contributed by atoms with van der Waals surface area (Å²) in [5, 5.41) is 9.93. The maximum Gasteiger partial charge on any atom is 0.258 e. The van der Waals surface area contributed by atoms with Crippen LogP contribution in [0.4, 0.5) is 0 Å². The van der Waals surface area contributed by atoms with E-state index < -0.39 is 5.92 Å². The summed E-state index contributed by atoms with van der Waals surface area (Å²) in [5.74, 6) is 0.748. The van der Waals surface area contributed by atoms with Gasteiger partial charge in [-0.05, 0) is 38.7 Å². The second-order valence-electron chi connectivity index (χ2n) is 7.96. The normalized spacial score (nSPS) is 15.2. The van der Waals surface area contributed by atoms with Crippen molar-refractivity contribution in [2.24, 2.45) is 5.73 Å². The van der Waals surface area contributed by atoms with Crippen LogP contribution in [-0.2, 0) is 13.0 Å². The maximum absolute atomic E-state index is 13.8. The lowest BCUT2D eigenvalue weighted by molar-refractivity contribution is 0.365. The van der Waals surface area contributed by atoms with Crippen LogP contribution in [0.1, 0.15) is 36.1 Å². The number of ether oxygens (including phenoxy) is 3. The Bertz CT molecular complexity index is 1130. The predicted octanol–water partition coefficient (Wildman–Crippen LogP) is 2.60. The monoisotopic (exact) mass is 438 g/mol. The van der Waals surface area contributed by atoms with Crippen molar-refractivity contribution in [3.8, 4) is 23.3 Å². The van der Waals surface area contributed by atoms with Crippen molar-refractivity contribution >= 4 is 0 Å². The maximum atomic E-state index is 13.8. The molecule has 1 atom stereocenters. The fourth-order valence-electron chi connectivity index (χ4n) is 4.00. The minimum absolute atomic E-state index is 0.0113. The summed E-state index contributed by atoms with van der Waals surface area (Å²) in [5.41, 5.74) is 8.00. The van der Waals surface area contributed by atoms with Crippen molar-refractivity contribution in [1.29, 1.82) is 5.26 Å². The molecule has 3 rings (SSSR count). The van der Waals surface area contributed by atoms with Gasteiger partial charge in [-0.25, -0.2) is 0 Å². The molecule has 1 aliphatic heterocycles. The molecule has 0 spiro atoms. The van der Waals surface area contributed by atoms with Crippen LogP contribution >= 0.6 is 0 Å². The number of likely N-dealkylation sites (N-methyl/N-ethyl adjacent to an activating group) is 1. The molecule has 2 heterocycles. The molecule has 2 N–H and O–H groups in total. The molecule has 0 saturated heterocycles. The first kappa shape index (κ1) is 23.2. The first-order valence-electron chi connectivity index (χ1n) is 10.6. The Morgan fingerprint density at radius 2 is 2.00 bits per heavy atom. The highest BCUT2D eigenvalue weighted by molar-refractivity contribution is 5.59. The van der Waals surface area contributed by atoms with Gasteiger partial charge < -0.3 is 29.4 Å². The zero-order valence-corrected chi connectivity index (χ0v) is 19.3. The highest BCUT2D eigenvalue weighted by Crippen LogP contribution is 2.44. The molecule has 1 aliphatic rings. The summed E-state index contributed by atoms with van der Waals surface area (Å²) in [6.45, 7) is 3.29. The third-order valence-corrected chi connectivity index (χ3v) is 5.59. The van der Waals surface area contributed by atoms with Gasteiger partial charge in [-0.1, -0.05) is 13.3 Å². The molecular weight excluding hydrogens is 408 g/mol. The second-order valence-corrected chi connectivity index (χ2v) is 7.96. The molecule has 0 bridgehead atoms. The third-order valence-electron chi connectivity index (χ3n) is 5.59. The van der Waals surface area contributed by atoms with Crippen LogP contribution in [0.15, 0.2) is 40.5 Å². The van der Waals surface area contributed by atoms with E-state index in [9.17, 15) is 10.1 Å². The fourth-order valence-corrected chi connectivity index (χ4v) is 4.00. The van der Waals surface area contributed by atoms with Gasteiger partial charge in [0.25, 0.3) is 5.56 Å². The molecule has 32 heavy (non-hydrogen) atoms. The van der Waals surface area contributed by atoms with Crippen molar-refractivity contribution in [1.82, 2.24) is 9.47 Å². The Morgan fingerprint density at radius 1 is 1.25 bits per heavy atom. The zero-order chi connectivity index (χ0) is 23.4. The van der Waals surface area contributed by atoms with Crippen LogP contribution in [-0.4, -0.2) is 44.3 Å². The van der Waals surface area contributed by atoms with E-state index in [1.54, 1.807) is 37.0 Å². The number of rotatable bonds is 8. The first-order chi connectivity index (χ1) is 15.4. The van der Waals surface area contributed by atoms with E-state index >= 15 is 0 Å². The molecule has 0 amide bonds. The van der Waals surface area contributed by atoms with Gasteiger partial charge >= 0.3 is 0 Å². The minimum atomic E-state index is -0.734. The van der Waals surface area contributed by atoms with Gasteiger partial charge in [0, 0.05) is 30.4 Å². The SMILES string of the molecule is CCCc1cc2c(c(=O)n1CCN(C)C)C(c1cc(OC)ccc1OC)C(C#N)=C(N)O2. The van der Waals surface area contributed by atoms with Gasteiger partial charge in [0.05, 0.1) is 25.7 Å². The number of nitrogens with zero attached hydrogens (tertiary/aromatic N) is 3. The predicted molar refractivity (Wildman–Crippen MR) is 122 cm³/mol. The second kappa shape index (κ2) is 9.79. The summed E-state index contributed by atoms with van der Waals surface area (Å²) in [7, 11) is 7.04. The van der Waals surface area contributed by atoms with Gasteiger partial charge in [0.1, 0.15) is 28.9 Å². The molecule has 170 valence electrons. The van der Waals surface area contributed by atoms with Crippen LogP contribution < -0.4 is 25.5 Å². The third kappa shape index (κ3) is 4.30. The number of fused-ring (bicyclic) bond motifs is 1. The zero-order valence-electron chi connectivity index (χ0n) is 19.3. The van der Waals surface area contributed by atoms with Gasteiger partial charge in [0.2, 0.25) is 5.88 Å². The molecule has 0 fully saturated rings. The average molecular weight is 439 g/mol. The van der Waals surface area contributed by atoms with Gasteiger partial charge in [-0.3, -0.25) is 4.79 Å². The van der Waals surface area contributed by atoms with Crippen molar-refractivity contribution in [2.75, 3.05) is 34.9 Å². The number of allylic oxidation sites excluding steroid dienone is 1. The molecule has 0 radical (unpaired) electrons. The quantitative estimate of drug-likeness (QED) is 0.676. The summed E-state index contributed by atoms with van der Waals surface area (Å²) in [6, 6.07) is 9.31. The van der Waals surface area contributed by atoms with Crippen molar-refractivity contribution in [2.45, 2.75) is 32.2 Å². The molecular formula is C24H30N4O4. The van der Waals surface area contributed by atoms with Crippen LogP contribution in [0, 0.1) is 11.3 Å². The smallest absolute Gasteiger partial charge is 0.258 e. The van der Waals surface area contributed by atoms with Gasteiger partial charge in [-0.2, -0.15) is 5.26 Å². The number of hydrogen-bond donors (Lipinski definition) is 1. The van der Waals surface area contributed by atoms with E-state index in [0.29, 0.717) is 41.5 Å². The Kier molecular flexibility index (Phi) is 7.11. The number of hydrogen-bond acceptors (Lipinski definition) is 7. The van der Waals surface area contributed by atoms with E-state index in [0.717, 1.165) is 18.5 Å². The Hall–Kier alpha value is -3.44. The number of nitrogens with two attached hydrogens (primary N) is 1. The summed E-state index contributed by atoms with van der Waals surface area (Å²) >= 11 is 0. The topological polar surface area (TPSA) is 103 Å². The number of pyridine rings is 1. The summed E-state index contributed by atoms with van der Waals surface area (Å²) < 4.78 is 18.5. The molecule has 1 unspecified atom stereocenters. The number of benzene rings is 1. The Balaban J connectivity index is 2.32. The van der Waals surface area contributed by atoms with Gasteiger partial charge in [-0.15, -0.1) is 0 Å².